The van der Waals surface area contributed by atoms with Crippen LogP contribution in [0.5, 0.6) is 0 Å². The van der Waals surface area contributed by atoms with Gasteiger partial charge in [0, 0.05) is 4.47 Å². The summed E-state index contributed by atoms with van der Waals surface area (Å²) >= 11 is 3.55. The molecule has 2 aromatic rings. The minimum atomic E-state index is 0.622. The SMILES string of the molecule is CC1CC=Cc2c(-c3cccc(Br)c3)cccc21. The van der Waals surface area contributed by atoms with E-state index in [1.807, 2.05) is 0 Å². The van der Waals surface area contributed by atoms with Crippen molar-refractivity contribution in [3.8, 4) is 11.1 Å². The molecule has 1 aliphatic carbocycles. The molecule has 18 heavy (non-hydrogen) atoms. The third-order valence-electron chi connectivity index (χ3n) is 3.58. The van der Waals surface area contributed by atoms with Gasteiger partial charge in [-0.3, -0.25) is 0 Å². The predicted molar refractivity (Wildman–Crippen MR) is 81.6 cm³/mol. The minimum Gasteiger partial charge on any atom is -0.0833 e. The fourth-order valence-corrected chi connectivity index (χ4v) is 3.02. The lowest BCUT2D eigenvalue weighted by Crippen LogP contribution is -2.01. The van der Waals surface area contributed by atoms with Crippen LogP contribution in [0.2, 0.25) is 0 Å². The average Bonchev–Trinajstić information content (AvgIpc) is 2.39. The lowest BCUT2D eigenvalue weighted by atomic mass is 9.84. The third kappa shape index (κ3) is 2.04. The number of hydrogen-bond acceptors (Lipinski definition) is 0. The van der Waals surface area contributed by atoms with Gasteiger partial charge in [0.1, 0.15) is 0 Å². The van der Waals surface area contributed by atoms with Gasteiger partial charge >= 0.3 is 0 Å². The molecule has 1 heteroatoms. The Labute approximate surface area is 116 Å². The van der Waals surface area contributed by atoms with Crippen molar-refractivity contribution in [3.05, 3.63) is 64.1 Å². The Hall–Kier alpha value is -1.34. The Morgan fingerprint density at radius 2 is 1.94 bits per heavy atom. The van der Waals surface area contributed by atoms with Gasteiger partial charge in [-0.2, -0.15) is 0 Å². The normalized spacial score (nSPS) is 17.6. The summed E-state index contributed by atoms with van der Waals surface area (Å²) in [4.78, 5) is 0. The summed E-state index contributed by atoms with van der Waals surface area (Å²) in [6, 6.07) is 15.2. The molecule has 0 fully saturated rings. The molecular weight excluding hydrogens is 284 g/mol. The summed E-state index contributed by atoms with van der Waals surface area (Å²) in [5.41, 5.74) is 5.46. The molecule has 0 saturated heterocycles. The van der Waals surface area contributed by atoms with E-state index in [1.54, 1.807) is 0 Å². The Balaban J connectivity index is 2.20. The molecule has 1 atom stereocenters. The summed E-state index contributed by atoms with van der Waals surface area (Å²) in [6.45, 7) is 2.30. The fraction of sp³-hybridized carbons (Fsp3) is 0.176. The Bertz CT molecular complexity index is 611. The van der Waals surface area contributed by atoms with Gasteiger partial charge in [-0.05, 0) is 46.7 Å². The molecule has 2 aromatic carbocycles. The molecule has 0 bridgehead atoms. The van der Waals surface area contributed by atoms with E-state index in [4.69, 9.17) is 0 Å². The maximum Gasteiger partial charge on any atom is 0.0181 e. The second-order valence-electron chi connectivity index (χ2n) is 4.86. The van der Waals surface area contributed by atoms with Crippen LogP contribution in [-0.2, 0) is 0 Å². The van der Waals surface area contributed by atoms with Gasteiger partial charge in [0.05, 0.1) is 0 Å². The van der Waals surface area contributed by atoms with E-state index in [1.165, 1.54) is 22.3 Å². The van der Waals surface area contributed by atoms with E-state index in [9.17, 15) is 0 Å². The van der Waals surface area contributed by atoms with Gasteiger partial charge < -0.3 is 0 Å². The van der Waals surface area contributed by atoms with E-state index in [-0.39, 0.29) is 0 Å². The van der Waals surface area contributed by atoms with Gasteiger partial charge in [0.25, 0.3) is 0 Å². The standard InChI is InChI=1S/C17H15Br/c1-12-5-2-10-17-15(12)8-4-9-16(17)13-6-3-7-14(18)11-13/h2-4,6-12H,5H2,1H3. The van der Waals surface area contributed by atoms with Crippen LogP contribution >= 0.6 is 15.9 Å². The van der Waals surface area contributed by atoms with Crippen LogP contribution in [0, 0.1) is 0 Å². The van der Waals surface area contributed by atoms with E-state index in [0.29, 0.717) is 5.92 Å². The molecular formula is C17H15Br. The number of hydrogen-bond donors (Lipinski definition) is 0. The smallest absolute Gasteiger partial charge is 0.0181 e. The average molecular weight is 299 g/mol. The fourth-order valence-electron chi connectivity index (χ4n) is 2.62. The van der Waals surface area contributed by atoms with Crippen molar-refractivity contribution in [3.63, 3.8) is 0 Å². The van der Waals surface area contributed by atoms with Crippen molar-refractivity contribution < 1.29 is 0 Å². The summed E-state index contributed by atoms with van der Waals surface area (Å²) < 4.78 is 1.13. The molecule has 1 aliphatic rings. The molecule has 0 saturated carbocycles. The van der Waals surface area contributed by atoms with E-state index >= 15 is 0 Å². The van der Waals surface area contributed by atoms with Crippen LogP contribution < -0.4 is 0 Å². The maximum absolute atomic E-state index is 3.55. The van der Waals surface area contributed by atoms with Gasteiger partial charge in [-0.15, -0.1) is 0 Å². The van der Waals surface area contributed by atoms with Gasteiger partial charge in [-0.1, -0.05) is 65.3 Å². The second kappa shape index (κ2) is 4.74. The molecule has 0 aliphatic heterocycles. The monoisotopic (exact) mass is 298 g/mol. The lowest BCUT2D eigenvalue weighted by Gasteiger charge is -2.20. The first-order valence-electron chi connectivity index (χ1n) is 6.31. The zero-order valence-corrected chi connectivity index (χ0v) is 11.9. The number of rotatable bonds is 1. The Kier molecular flexibility index (Phi) is 3.09. The highest BCUT2D eigenvalue weighted by Crippen LogP contribution is 2.36. The molecule has 0 nitrogen and oxygen atoms in total. The number of fused-ring (bicyclic) bond motifs is 1. The topological polar surface area (TPSA) is 0 Å². The summed E-state index contributed by atoms with van der Waals surface area (Å²) in [7, 11) is 0. The summed E-state index contributed by atoms with van der Waals surface area (Å²) in [5, 5.41) is 0. The Morgan fingerprint density at radius 3 is 2.78 bits per heavy atom. The van der Waals surface area contributed by atoms with Crippen LogP contribution in [-0.4, -0.2) is 0 Å². The number of halogens is 1. The van der Waals surface area contributed by atoms with Crippen LogP contribution in [0.1, 0.15) is 30.4 Å². The van der Waals surface area contributed by atoms with Crippen molar-refractivity contribution in [2.45, 2.75) is 19.3 Å². The highest BCUT2D eigenvalue weighted by atomic mass is 79.9. The second-order valence-corrected chi connectivity index (χ2v) is 5.77. The number of allylic oxidation sites excluding steroid dienone is 1. The van der Waals surface area contributed by atoms with Gasteiger partial charge in [0.15, 0.2) is 0 Å². The van der Waals surface area contributed by atoms with Crippen LogP contribution in [0.4, 0.5) is 0 Å². The van der Waals surface area contributed by atoms with Crippen LogP contribution in [0.15, 0.2) is 53.0 Å². The molecule has 0 amide bonds. The molecule has 0 spiro atoms. The quantitative estimate of drug-likeness (QED) is 0.639. The van der Waals surface area contributed by atoms with Crippen molar-refractivity contribution >= 4 is 22.0 Å². The number of benzene rings is 2. The lowest BCUT2D eigenvalue weighted by molar-refractivity contribution is 0.772. The minimum absolute atomic E-state index is 0.622. The first kappa shape index (κ1) is 11.7. The van der Waals surface area contributed by atoms with Crippen molar-refractivity contribution in [2.75, 3.05) is 0 Å². The van der Waals surface area contributed by atoms with Crippen molar-refractivity contribution in [2.24, 2.45) is 0 Å². The zero-order valence-electron chi connectivity index (χ0n) is 10.4. The third-order valence-corrected chi connectivity index (χ3v) is 4.07. The van der Waals surface area contributed by atoms with E-state index < -0.39 is 0 Å². The zero-order chi connectivity index (χ0) is 12.5. The first-order chi connectivity index (χ1) is 8.75. The predicted octanol–water partition coefficient (Wildman–Crippen LogP) is 5.64. The van der Waals surface area contributed by atoms with Crippen LogP contribution in [0.3, 0.4) is 0 Å². The largest absolute Gasteiger partial charge is 0.0833 e. The van der Waals surface area contributed by atoms with E-state index in [0.717, 1.165) is 10.9 Å². The van der Waals surface area contributed by atoms with Gasteiger partial charge in [0.2, 0.25) is 0 Å². The highest BCUT2D eigenvalue weighted by molar-refractivity contribution is 9.10. The van der Waals surface area contributed by atoms with E-state index in [2.05, 4.69) is 77.5 Å². The molecule has 3 rings (SSSR count). The van der Waals surface area contributed by atoms with Crippen molar-refractivity contribution in [1.82, 2.24) is 0 Å². The van der Waals surface area contributed by atoms with Crippen molar-refractivity contribution in [1.29, 1.82) is 0 Å². The Morgan fingerprint density at radius 1 is 1.11 bits per heavy atom. The first-order valence-corrected chi connectivity index (χ1v) is 7.10. The van der Waals surface area contributed by atoms with Crippen LogP contribution in [0.25, 0.3) is 17.2 Å². The molecule has 90 valence electrons. The summed E-state index contributed by atoms with van der Waals surface area (Å²) in [6.07, 6.45) is 5.70. The van der Waals surface area contributed by atoms with Gasteiger partial charge in [-0.25, -0.2) is 0 Å². The molecule has 0 N–H and O–H groups in total. The molecule has 1 unspecified atom stereocenters. The molecule has 0 radical (unpaired) electrons. The molecule has 0 aromatic heterocycles. The highest BCUT2D eigenvalue weighted by Gasteiger charge is 2.15. The molecule has 0 heterocycles. The summed E-state index contributed by atoms with van der Waals surface area (Å²) in [5.74, 6) is 0.622. The maximum atomic E-state index is 3.55.